The van der Waals surface area contributed by atoms with Crippen molar-refractivity contribution in [1.82, 2.24) is 10.0 Å². The van der Waals surface area contributed by atoms with Crippen LogP contribution in [0, 0.1) is 0 Å². The molecule has 0 heterocycles. The summed E-state index contributed by atoms with van der Waals surface area (Å²) in [4.78, 5) is 10.5. The minimum Gasteiger partial charge on any atom is -0.279 e. The standard InChI is InChI=1S/C9H20N2O/c1-4-5-6-7-8-11(9-12)10(2)3/h9H,4-8H2,1-3H3. The quantitative estimate of drug-likeness (QED) is 0.330. The first-order chi connectivity index (χ1) is 5.72. The van der Waals surface area contributed by atoms with Gasteiger partial charge < -0.3 is 0 Å². The molecule has 0 rings (SSSR count). The molecule has 0 radical (unpaired) electrons. The zero-order chi connectivity index (χ0) is 9.40. The molecule has 0 fully saturated rings. The van der Waals surface area contributed by atoms with Crippen molar-refractivity contribution in [2.75, 3.05) is 20.6 Å². The number of rotatable bonds is 7. The SMILES string of the molecule is CCCCCCN(C=O)N(C)C. The van der Waals surface area contributed by atoms with Crippen molar-refractivity contribution in [2.24, 2.45) is 0 Å². The third kappa shape index (κ3) is 5.13. The van der Waals surface area contributed by atoms with Crippen molar-refractivity contribution in [2.45, 2.75) is 32.6 Å². The number of nitrogens with zero attached hydrogens (tertiary/aromatic N) is 2. The fraction of sp³-hybridized carbons (Fsp3) is 0.889. The average Bonchev–Trinajstić information content (AvgIpc) is 2.04. The van der Waals surface area contributed by atoms with Crippen LogP contribution in [0.1, 0.15) is 32.6 Å². The first-order valence-electron chi connectivity index (χ1n) is 4.61. The maximum absolute atomic E-state index is 10.5. The van der Waals surface area contributed by atoms with Gasteiger partial charge in [0.15, 0.2) is 0 Å². The van der Waals surface area contributed by atoms with E-state index in [0.29, 0.717) is 0 Å². The molecule has 0 saturated heterocycles. The van der Waals surface area contributed by atoms with Gasteiger partial charge in [-0.25, -0.2) is 5.01 Å². The van der Waals surface area contributed by atoms with Crippen LogP contribution in [-0.2, 0) is 4.79 Å². The Morgan fingerprint density at radius 3 is 2.25 bits per heavy atom. The molecule has 72 valence electrons. The maximum Gasteiger partial charge on any atom is 0.224 e. The summed E-state index contributed by atoms with van der Waals surface area (Å²) in [6.07, 6.45) is 5.70. The molecule has 0 saturated carbocycles. The molecule has 0 unspecified atom stereocenters. The zero-order valence-corrected chi connectivity index (χ0v) is 8.42. The summed E-state index contributed by atoms with van der Waals surface area (Å²) < 4.78 is 0. The Bertz CT molecular complexity index is 115. The predicted octanol–water partition coefficient (Wildman–Crippen LogP) is 1.50. The van der Waals surface area contributed by atoms with Crippen LogP contribution in [0.15, 0.2) is 0 Å². The Morgan fingerprint density at radius 2 is 1.83 bits per heavy atom. The van der Waals surface area contributed by atoms with Crippen LogP contribution >= 0.6 is 0 Å². The Balaban J connectivity index is 3.38. The van der Waals surface area contributed by atoms with Gasteiger partial charge in [-0.2, -0.15) is 0 Å². The number of hydrazine groups is 1. The summed E-state index contributed by atoms with van der Waals surface area (Å²) in [5.41, 5.74) is 0. The van der Waals surface area contributed by atoms with Crippen LogP contribution in [0.2, 0.25) is 0 Å². The summed E-state index contributed by atoms with van der Waals surface area (Å²) in [7, 11) is 3.77. The van der Waals surface area contributed by atoms with E-state index in [-0.39, 0.29) is 0 Å². The second-order valence-electron chi connectivity index (χ2n) is 3.18. The van der Waals surface area contributed by atoms with E-state index in [1.54, 1.807) is 5.01 Å². The van der Waals surface area contributed by atoms with Gasteiger partial charge in [0.05, 0.1) is 0 Å². The van der Waals surface area contributed by atoms with Gasteiger partial charge in [-0.1, -0.05) is 26.2 Å². The number of hydrogen-bond donors (Lipinski definition) is 0. The molecule has 1 amide bonds. The second-order valence-corrected chi connectivity index (χ2v) is 3.18. The van der Waals surface area contributed by atoms with E-state index in [1.807, 2.05) is 19.1 Å². The monoisotopic (exact) mass is 172 g/mol. The van der Waals surface area contributed by atoms with Crippen molar-refractivity contribution in [1.29, 1.82) is 0 Å². The maximum atomic E-state index is 10.5. The Kier molecular flexibility index (Phi) is 6.76. The highest BCUT2D eigenvalue weighted by Gasteiger charge is 2.01. The van der Waals surface area contributed by atoms with Crippen LogP contribution in [-0.4, -0.2) is 37.1 Å². The van der Waals surface area contributed by atoms with Gasteiger partial charge in [-0.05, 0) is 6.42 Å². The minimum absolute atomic E-state index is 0.844. The first kappa shape index (κ1) is 11.4. The first-order valence-corrected chi connectivity index (χ1v) is 4.61. The van der Waals surface area contributed by atoms with E-state index < -0.39 is 0 Å². The highest BCUT2D eigenvalue weighted by Crippen LogP contribution is 2.00. The van der Waals surface area contributed by atoms with Gasteiger partial charge in [-0.3, -0.25) is 9.80 Å². The molecule has 0 bridgehead atoms. The van der Waals surface area contributed by atoms with Crippen LogP contribution in [0.25, 0.3) is 0 Å². The molecule has 3 nitrogen and oxygen atoms in total. The Labute approximate surface area is 75.3 Å². The lowest BCUT2D eigenvalue weighted by Gasteiger charge is -2.24. The topological polar surface area (TPSA) is 23.6 Å². The molecule has 0 aliphatic heterocycles. The lowest BCUT2D eigenvalue weighted by atomic mass is 10.2. The summed E-state index contributed by atoms with van der Waals surface area (Å²) in [6.45, 7) is 3.03. The van der Waals surface area contributed by atoms with Gasteiger partial charge in [0.1, 0.15) is 0 Å². The lowest BCUT2D eigenvalue weighted by molar-refractivity contribution is -0.130. The van der Waals surface area contributed by atoms with Crippen LogP contribution in [0.4, 0.5) is 0 Å². The van der Waals surface area contributed by atoms with Crippen molar-refractivity contribution in [3.05, 3.63) is 0 Å². The number of carbonyl (C=O) groups is 1. The van der Waals surface area contributed by atoms with Crippen molar-refractivity contribution < 1.29 is 4.79 Å². The number of amides is 1. The van der Waals surface area contributed by atoms with Gasteiger partial charge >= 0.3 is 0 Å². The van der Waals surface area contributed by atoms with Gasteiger partial charge in [0.25, 0.3) is 0 Å². The Hall–Kier alpha value is -0.570. The molecular weight excluding hydrogens is 152 g/mol. The summed E-state index contributed by atoms with van der Waals surface area (Å²) in [5, 5.41) is 3.51. The third-order valence-corrected chi connectivity index (χ3v) is 1.88. The normalized spacial score (nSPS) is 10.3. The summed E-state index contributed by atoms with van der Waals surface area (Å²) in [6, 6.07) is 0. The van der Waals surface area contributed by atoms with Crippen LogP contribution < -0.4 is 0 Å². The zero-order valence-electron chi connectivity index (χ0n) is 8.42. The lowest BCUT2D eigenvalue weighted by Crippen LogP contribution is -2.36. The van der Waals surface area contributed by atoms with Crippen molar-refractivity contribution in [3.8, 4) is 0 Å². The third-order valence-electron chi connectivity index (χ3n) is 1.88. The van der Waals surface area contributed by atoms with E-state index in [9.17, 15) is 4.79 Å². The van der Waals surface area contributed by atoms with E-state index in [0.717, 1.165) is 19.4 Å². The molecule has 0 aromatic rings. The molecular formula is C9H20N2O. The highest BCUT2D eigenvalue weighted by atomic mass is 16.1. The smallest absolute Gasteiger partial charge is 0.224 e. The molecule has 3 heteroatoms. The van der Waals surface area contributed by atoms with Crippen LogP contribution in [0.5, 0.6) is 0 Å². The molecule has 0 aliphatic carbocycles. The second kappa shape index (κ2) is 7.10. The van der Waals surface area contributed by atoms with Gasteiger partial charge in [0.2, 0.25) is 6.41 Å². The summed E-state index contributed by atoms with van der Waals surface area (Å²) >= 11 is 0. The van der Waals surface area contributed by atoms with Crippen LogP contribution in [0.3, 0.4) is 0 Å². The fourth-order valence-electron chi connectivity index (χ4n) is 1.05. The molecule has 12 heavy (non-hydrogen) atoms. The highest BCUT2D eigenvalue weighted by molar-refractivity contribution is 5.45. The summed E-state index contributed by atoms with van der Waals surface area (Å²) in [5.74, 6) is 0. The molecule has 0 spiro atoms. The van der Waals surface area contributed by atoms with E-state index in [2.05, 4.69) is 6.92 Å². The number of carbonyl (C=O) groups excluding carboxylic acids is 1. The molecule has 0 aromatic carbocycles. The molecule has 0 atom stereocenters. The largest absolute Gasteiger partial charge is 0.279 e. The van der Waals surface area contributed by atoms with E-state index >= 15 is 0 Å². The molecule has 0 aromatic heterocycles. The molecule has 0 N–H and O–H groups in total. The fourth-order valence-corrected chi connectivity index (χ4v) is 1.05. The number of unbranched alkanes of at least 4 members (excludes halogenated alkanes) is 3. The molecule has 0 aliphatic rings. The predicted molar refractivity (Wildman–Crippen MR) is 50.6 cm³/mol. The van der Waals surface area contributed by atoms with E-state index in [4.69, 9.17) is 0 Å². The van der Waals surface area contributed by atoms with Crippen molar-refractivity contribution >= 4 is 6.41 Å². The minimum atomic E-state index is 0.844. The van der Waals surface area contributed by atoms with Gasteiger partial charge in [0, 0.05) is 20.6 Å². The van der Waals surface area contributed by atoms with Gasteiger partial charge in [-0.15, -0.1) is 0 Å². The Morgan fingerprint density at radius 1 is 1.17 bits per heavy atom. The van der Waals surface area contributed by atoms with Crippen molar-refractivity contribution in [3.63, 3.8) is 0 Å². The van der Waals surface area contributed by atoms with E-state index in [1.165, 1.54) is 19.3 Å². The average molecular weight is 172 g/mol. The number of hydrogen-bond acceptors (Lipinski definition) is 2.